The van der Waals surface area contributed by atoms with Crippen LogP contribution in [0, 0.1) is 0 Å². The molecule has 2 aromatic rings. The molecule has 0 saturated heterocycles. The zero-order chi connectivity index (χ0) is 16.0. The summed E-state index contributed by atoms with van der Waals surface area (Å²) >= 11 is 0. The average Bonchev–Trinajstić information content (AvgIpc) is 2.54. The highest BCUT2D eigenvalue weighted by Crippen LogP contribution is 2.34. The standard InChI is InChI=1S/C19H23NO2/c1-3-17(21)20-14-19(2,22)18(15-10-6-4-7-11-15)16-12-8-5-9-13-16/h4-13,18,22H,3,14H2,1-2H3,(H,20,21). The molecule has 0 bridgehead atoms. The van der Waals surface area contributed by atoms with Crippen LogP contribution in [-0.4, -0.2) is 23.2 Å². The van der Waals surface area contributed by atoms with E-state index in [1.807, 2.05) is 60.7 Å². The molecule has 1 atom stereocenters. The van der Waals surface area contributed by atoms with E-state index in [9.17, 15) is 9.90 Å². The van der Waals surface area contributed by atoms with Crippen molar-refractivity contribution in [3.05, 3.63) is 71.8 Å². The maximum atomic E-state index is 11.5. The molecule has 0 aliphatic rings. The van der Waals surface area contributed by atoms with Gasteiger partial charge in [-0.05, 0) is 18.1 Å². The lowest BCUT2D eigenvalue weighted by molar-refractivity contribution is -0.122. The Morgan fingerprint density at radius 3 is 1.91 bits per heavy atom. The fraction of sp³-hybridized carbons (Fsp3) is 0.316. The summed E-state index contributed by atoms with van der Waals surface area (Å²) in [5, 5.41) is 13.8. The first-order valence-electron chi connectivity index (χ1n) is 7.63. The van der Waals surface area contributed by atoms with E-state index in [4.69, 9.17) is 0 Å². The molecule has 116 valence electrons. The van der Waals surface area contributed by atoms with Crippen LogP contribution in [0.3, 0.4) is 0 Å². The van der Waals surface area contributed by atoms with Gasteiger partial charge in [0.1, 0.15) is 0 Å². The second kappa shape index (κ2) is 7.23. The predicted octanol–water partition coefficient (Wildman–Crippen LogP) is 3.10. The molecule has 0 fully saturated rings. The van der Waals surface area contributed by atoms with Gasteiger partial charge in [-0.1, -0.05) is 67.6 Å². The van der Waals surface area contributed by atoms with Gasteiger partial charge in [0.25, 0.3) is 0 Å². The van der Waals surface area contributed by atoms with Gasteiger partial charge >= 0.3 is 0 Å². The van der Waals surface area contributed by atoms with Gasteiger partial charge in [0.15, 0.2) is 0 Å². The Hall–Kier alpha value is -2.13. The van der Waals surface area contributed by atoms with Crippen molar-refractivity contribution in [3.8, 4) is 0 Å². The Morgan fingerprint density at radius 2 is 1.50 bits per heavy atom. The van der Waals surface area contributed by atoms with Gasteiger partial charge < -0.3 is 10.4 Å². The molecule has 3 nitrogen and oxygen atoms in total. The third-order valence-corrected chi connectivity index (χ3v) is 3.85. The lowest BCUT2D eigenvalue weighted by Gasteiger charge is -2.34. The van der Waals surface area contributed by atoms with E-state index < -0.39 is 5.60 Å². The number of hydrogen-bond acceptors (Lipinski definition) is 2. The van der Waals surface area contributed by atoms with Crippen molar-refractivity contribution in [2.75, 3.05) is 6.54 Å². The van der Waals surface area contributed by atoms with Gasteiger partial charge in [-0.3, -0.25) is 4.79 Å². The Balaban J connectivity index is 2.34. The fourth-order valence-corrected chi connectivity index (χ4v) is 2.71. The van der Waals surface area contributed by atoms with Gasteiger partial charge in [-0.15, -0.1) is 0 Å². The average molecular weight is 297 g/mol. The van der Waals surface area contributed by atoms with Crippen molar-refractivity contribution in [1.29, 1.82) is 0 Å². The van der Waals surface area contributed by atoms with Crippen molar-refractivity contribution in [2.24, 2.45) is 0 Å². The summed E-state index contributed by atoms with van der Waals surface area (Å²) in [6.45, 7) is 3.79. The Bertz CT molecular complexity index is 554. The summed E-state index contributed by atoms with van der Waals surface area (Å²) in [6.07, 6.45) is 0.414. The highest BCUT2D eigenvalue weighted by Gasteiger charge is 2.34. The van der Waals surface area contributed by atoms with Crippen molar-refractivity contribution in [1.82, 2.24) is 5.32 Å². The first-order valence-corrected chi connectivity index (χ1v) is 7.63. The summed E-state index contributed by atoms with van der Waals surface area (Å²) in [4.78, 5) is 11.5. The van der Waals surface area contributed by atoms with Crippen LogP contribution >= 0.6 is 0 Å². The van der Waals surface area contributed by atoms with Crippen molar-refractivity contribution in [2.45, 2.75) is 31.8 Å². The van der Waals surface area contributed by atoms with E-state index in [2.05, 4.69) is 5.32 Å². The molecule has 0 heterocycles. The highest BCUT2D eigenvalue weighted by molar-refractivity contribution is 5.75. The number of amides is 1. The lowest BCUT2D eigenvalue weighted by atomic mass is 9.78. The van der Waals surface area contributed by atoms with E-state index in [0.29, 0.717) is 6.42 Å². The van der Waals surface area contributed by atoms with E-state index in [-0.39, 0.29) is 18.4 Å². The zero-order valence-electron chi connectivity index (χ0n) is 13.1. The number of carbonyl (C=O) groups excluding carboxylic acids is 1. The second-order valence-corrected chi connectivity index (χ2v) is 5.74. The molecule has 0 aliphatic carbocycles. The quantitative estimate of drug-likeness (QED) is 0.861. The number of aliphatic hydroxyl groups is 1. The minimum absolute atomic E-state index is 0.0554. The van der Waals surface area contributed by atoms with Gasteiger partial charge in [0, 0.05) is 18.9 Å². The van der Waals surface area contributed by atoms with Crippen LogP contribution in [0.2, 0.25) is 0 Å². The van der Waals surface area contributed by atoms with Crippen molar-refractivity contribution >= 4 is 5.91 Å². The number of nitrogens with one attached hydrogen (secondary N) is 1. The normalized spacial score (nSPS) is 13.6. The maximum absolute atomic E-state index is 11.5. The summed E-state index contributed by atoms with van der Waals surface area (Å²) in [5.74, 6) is -0.257. The monoisotopic (exact) mass is 297 g/mol. The highest BCUT2D eigenvalue weighted by atomic mass is 16.3. The molecule has 0 aromatic heterocycles. The van der Waals surface area contributed by atoms with Crippen LogP contribution in [-0.2, 0) is 4.79 Å². The van der Waals surface area contributed by atoms with E-state index in [1.165, 1.54) is 0 Å². The van der Waals surface area contributed by atoms with Gasteiger partial charge in [-0.2, -0.15) is 0 Å². The minimum atomic E-state index is -1.08. The predicted molar refractivity (Wildman–Crippen MR) is 88.7 cm³/mol. The lowest BCUT2D eigenvalue weighted by Crippen LogP contribution is -2.45. The van der Waals surface area contributed by atoms with E-state index >= 15 is 0 Å². The van der Waals surface area contributed by atoms with Crippen LogP contribution in [0.15, 0.2) is 60.7 Å². The second-order valence-electron chi connectivity index (χ2n) is 5.74. The molecular weight excluding hydrogens is 274 g/mol. The summed E-state index contributed by atoms with van der Waals surface area (Å²) in [7, 11) is 0. The Morgan fingerprint density at radius 1 is 1.05 bits per heavy atom. The summed E-state index contributed by atoms with van der Waals surface area (Å²) < 4.78 is 0. The van der Waals surface area contributed by atoms with Gasteiger partial charge in [-0.25, -0.2) is 0 Å². The number of hydrogen-bond donors (Lipinski definition) is 2. The van der Waals surface area contributed by atoms with E-state index in [1.54, 1.807) is 13.8 Å². The van der Waals surface area contributed by atoms with Crippen LogP contribution in [0.25, 0.3) is 0 Å². The Labute approximate surface area is 132 Å². The van der Waals surface area contributed by atoms with Gasteiger partial charge in [0.05, 0.1) is 5.60 Å². The molecule has 0 spiro atoms. The molecule has 0 aliphatic heterocycles. The van der Waals surface area contributed by atoms with E-state index in [0.717, 1.165) is 11.1 Å². The molecule has 2 rings (SSSR count). The van der Waals surface area contributed by atoms with Gasteiger partial charge in [0.2, 0.25) is 5.91 Å². The molecule has 22 heavy (non-hydrogen) atoms. The largest absolute Gasteiger partial charge is 0.387 e. The number of benzene rings is 2. The van der Waals surface area contributed by atoms with Crippen molar-refractivity contribution in [3.63, 3.8) is 0 Å². The minimum Gasteiger partial charge on any atom is -0.387 e. The first kappa shape index (κ1) is 16.2. The molecule has 0 saturated carbocycles. The molecule has 1 unspecified atom stereocenters. The molecular formula is C19H23NO2. The summed E-state index contributed by atoms with van der Waals surface area (Å²) in [6, 6.07) is 19.8. The molecule has 2 N–H and O–H groups in total. The number of rotatable bonds is 6. The smallest absolute Gasteiger partial charge is 0.219 e. The third kappa shape index (κ3) is 3.95. The summed E-state index contributed by atoms with van der Waals surface area (Å²) in [5.41, 5.74) is 0.988. The molecule has 3 heteroatoms. The molecule has 1 amide bonds. The third-order valence-electron chi connectivity index (χ3n) is 3.85. The number of carbonyl (C=O) groups is 1. The zero-order valence-corrected chi connectivity index (χ0v) is 13.1. The van der Waals surface area contributed by atoms with Crippen LogP contribution < -0.4 is 5.32 Å². The van der Waals surface area contributed by atoms with Crippen LogP contribution in [0.5, 0.6) is 0 Å². The first-order chi connectivity index (χ1) is 10.5. The fourth-order valence-electron chi connectivity index (χ4n) is 2.71. The Kier molecular flexibility index (Phi) is 5.34. The maximum Gasteiger partial charge on any atom is 0.219 e. The SMILES string of the molecule is CCC(=O)NCC(C)(O)C(c1ccccc1)c1ccccc1. The molecule has 0 radical (unpaired) electrons. The van der Waals surface area contributed by atoms with Crippen molar-refractivity contribution < 1.29 is 9.90 Å². The van der Waals surface area contributed by atoms with Crippen LogP contribution in [0.1, 0.15) is 37.3 Å². The van der Waals surface area contributed by atoms with Crippen LogP contribution in [0.4, 0.5) is 0 Å². The topological polar surface area (TPSA) is 49.3 Å². The molecule has 2 aromatic carbocycles.